The zero-order valence-electron chi connectivity index (χ0n) is 12.3. The summed E-state index contributed by atoms with van der Waals surface area (Å²) < 4.78 is 0. The van der Waals surface area contributed by atoms with E-state index >= 15 is 0 Å². The average Bonchev–Trinajstić information content (AvgIpc) is 3.05. The van der Waals surface area contributed by atoms with Gasteiger partial charge in [-0.3, -0.25) is 5.32 Å². The second-order valence-electron chi connectivity index (χ2n) is 6.22. The molecular formula is C16H28N2S. The number of nitriles is 1. The molecular weight excluding hydrogens is 252 g/mol. The first-order valence-corrected chi connectivity index (χ1v) is 9.20. The van der Waals surface area contributed by atoms with Gasteiger partial charge in [-0.2, -0.15) is 17.0 Å². The van der Waals surface area contributed by atoms with E-state index < -0.39 is 0 Å². The van der Waals surface area contributed by atoms with Gasteiger partial charge in [0, 0.05) is 0 Å². The molecule has 3 heteroatoms. The van der Waals surface area contributed by atoms with Gasteiger partial charge in [0.1, 0.15) is 5.54 Å². The zero-order valence-corrected chi connectivity index (χ0v) is 13.1. The molecule has 2 rings (SSSR count). The highest BCUT2D eigenvalue weighted by molar-refractivity contribution is 7.99. The standard InChI is InChI=1S/C16H28N2S/c1-2-18-16(13-17)10-5-8-15(16)9-11-19-12-14-6-3-4-7-14/h14-15,18H,2-12H2,1H3. The molecule has 0 spiro atoms. The van der Waals surface area contributed by atoms with Gasteiger partial charge in [0.05, 0.1) is 6.07 Å². The predicted molar refractivity (Wildman–Crippen MR) is 83.3 cm³/mol. The summed E-state index contributed by atoms with van der Waals surface area (Å²) in [6, 6.07) is 2.59. The normalized spacial score (nSPS) is 31.7. The van der Waals surface area contributed by atoms with E-state index in [1.54, 1.807) is 0 Å². The Bertz CT molecular complexity index is 306. The van der Waals surface area contributed by atoms with Gasteiger partial charge >= 0.3 is 0 Å². The second-order valence-corrected chi connectivity index (χ2v) is 7.37. The van der Waals surface area contributed by atoms with Gasteiger partial charge in [-0.15, -0.1) is 0 Å². The topological polar surface area (TPSA) is 35.8 Å². The molecule has 0 saturated heterocycles. The molecule has 0 heterocycles. The van der Waals surface area contributed by atoms with Crippen molar-refractivity contribution in [2.45, 2.75) is 63.8 Å². The molecule has 0 aromatic heterocycles. The Hall–Kier alpha value is -0.200. The molecule has 2 aliphatic carbocycles. The molecule has 0 amide bonds. The van der Waals surface area contributed by atoms with Crippen LogP contribution in [0.1, 0.15) is 58.3 Å². The Labute approximate surface area is 122 Å². The first kappa shape index (κ1) is 15.2. The minimum absolute atomic E-state index is 0.206. The number of nitrogens with one attached hydrogen (secondary N) is 1. The van der Waals surface area contributed by atoms with Crippen molar-refractivity contribution in [1.82, 2.24) is 5.32 Å². The summed E-state index contributed by atoms with van der Waals surface area (Å²) in [4.78, 5) is 0. The fraction of sp³-hybridized carbons (Fsp3) is 0.938. The molecule has 108 valence electrons. The molecule has 2 unspecified atom stereocenters. The van der Waals surface area contributed by atoms with E-state index in [1.165, 1.54) is 56.5 Å². The molecule has 0 aromatic carbocycles. The van der Waals surface area contributed by atoms with Crippen LogP contribution < -0.4 is 5.32 Å². The number of thioether (sulfide) groups is 1. The fourth-order valence-electron chi connectivity index (χ4n) is 3.86. The fourth-order valence-corrected chi connectivity index (χ4v) is 5.14. The molecule has 2 fully saturated rings. The highest BCUT2D eigenvalue weighted by Crippen LogP contribution is 2.38. The van der Waals surface area contributed by atoms with E-state index in [-0.39, 0.29) is 5.54 Å². The van der Waals surface area contributed by atoms with Gasteiger partial charge in [0.15, 0.2) is 0 Å². The van der Waals surface area contributed by atoms with Gasteiger partial charge in [-0.25, -0.2) is 0 Å². The summed E-state index contributed by atoms with van der Waals surface area (Å²) in [6.07, 6.45) is 10.5. The lowest BCUT2D eigenvalue weighted by Gasteiger charge is -2.29. The molecule has 2 atom stereocenters. The summed E-state index contributed by atoms with van der Waals surface area (Å²) in [7, 11) is 0. The largest absolute Gasteiger partial charge is 0.299 e. The Morgan fingerprint density at radius 3 is 2.74 bits per heavy atom. The highest BCUT2D eigenvalue weighted by Gasteiger charge is 2.41. The predicted octanol–water partition coefficient (Wildman–Crippen LogP) is 3.97. The molecule has 2 saturated carbocycles. The lowest BCUT2D eigenvalue weighted by Crippen LogP contribution is -2.47. The molecule has 2 nitrogen and oxygen atoms in total. The van der Waals surface area contributed by atoms with E-state index in [0.717, 1.165) is 18.9 Å². The minimum atomic E-state index is -0.206. The van der Waals surface area contributed by atoms with E-state index in [1.807, 2.05) is 0 Å². The molecule has 19 heavy (non-hydrogen) atoms. The van der Waals surface area contributed by atoms with E-state index in [0.29, 0.717) is 5.92 Å². The van der Waals surface area contributed by atoms with Crippen LogP contribution >= 0.6 is 11.8 Å². The Morgan fingerprint density at radius 1 is 1.26 bits per heavy atom. The van der Waals surface area contributed by atoms with Crippen molar-refractivity contribution >= 4 is 11.8 Å². The summed E-state index contributed by atoms with van der Waals surface area (Å²) in [5, 5.41) is 13.0. The van der Waals surface area contributed by atoms with Crippen LogP contribution in [0.3, 0.4) is 0 Å². The van der Waals surface area contributed by atoms with Crippen molar-refractivity contribution < 1.29 is 0 Å². The maximum atomic E-state index is 9.53. The second kappa shape index (κ2) is 7.55. The van der Waals surface area contributed by atoms with Crippen LogP contribution in [0.25, 0.3) is 0 Å². The van der Waals surface area contributed by atoms with Crippen molar-refractivity contribution in [3.05, 3.63) is 0 Å². The summed E-state index contributed by atoms with van der Waals surface area (Å²) in [6.45, 7) is 3.03. The summed E-state index contributed by atoms with van der Waals surface area (Å²) in [5.41, 5.74) is -0.206. The molecule has 0 bridgehead atoms. The first-order chi connectivity index (χ1) is 9.30. The number of rotatable bonds is 7. The van der Waals surface area contributed by atoms with Crippen LogP contribution in [0, 0.1) is 23.2 Å². The van der Waals surface area contributed by atoms with Gasteiger partial charge in [0.25, 0.3) is 0 Å². The van der Waals surface area contributed by atoms with E-state index in [9.17, 15) is 5.26 Å². The van der Waals surface area contributed by atoms with Gasteiger partial charge in [-0.05, 0) is 62.0 Å². The SMILES string of the molecule is CCNC1(C#N)CCCC1CCSCC1CCCC1. The quantitative estimate of drug-likeness (QED) is 0.717. The Morgan fingerprint density at radius 2 is 2.05 bits per heavy atom. The van der Waals surface area contributed by atoms with Crippen molar-refractivity contribution in [1.29, 1.82) is 5.26 Å². The van der Waals surface area contributed by atoms with Crippen molar-refractivity contribution in [3.63, 3.8) is 0 Å². The molecule has 2 aliphatic rings. The maximum absolute atomic E-state index is 9.53. The minimum Gasteiger partial charge on any atom is -0.299 e. The molecule has 0 aromatic rings. The number of hydrogen-bond acceptors (Lipinski definition) is 3. The Balaban J connectivity index is 1.70. The van der Waals surface area contributed by atoms with Crippen molar-refractivity contribution in [3.8, 4) is 6.07 Å². The van der Waals surface area contributed by atoms with Crippen LogP contribution in [0.5, 0.6) is 0 Å². The van der Waals surface area contributed by atoms with Gasteiger partial charge < -0.3 is 0 Å². The van der Waals surface area contributed by atoms with Crippen molar-refractivity contribution in [2.24, 2.45) is 11.8 Å². The van der Waals surface area contributed by atoms with Crippen LogP contribution in [0.15, 0.2) is 0 Å². The number of hydrogen-bond donors (Lipinski definition) is 1. The highest BCUT2D eigenvalue weighted by atomic mass is 32.2. The molecule has 1 N–H and O–H groups in total. The molecule has 0 radical (unpaired) electrons. The zero-order chi connectivity index (χ0) is 13.6. The lowest BCUT2D eigenvalue weighted by molar-refractivity contribution is 0.317. The summed E-state index contributed by atoms with van der Waals surface area (Å²) in [5.74, 6) is 4.17. The monoisotopic (exact) mass is 280 g/mol. The smallest absolute Gasteiger partial charge is 0.109 e. The first-order valence-electron chi connectivity index (χ1n) is 8.05. The third-order valence-corrected chi connectivity index (χ3v) is 6.18. The van der Waals surface area contributed by atoms with Gasteiger partial charge in [0.2, 0.25) is 0 Å². The maximum Gasteiger partial charge on any atom is 0.109 e. The van der Waals surface area contributed by atoms with Gasteiger partial charge in [-0.1, -0.05) is 26.2 Å². The van der Waals surface area contributed by atoms with Crippen LogP contribution in [-0.2, 0) is 0 Å². The van der Waals surface area contributed by atoms with Crippen LogP contribution in [0.2, 0.25) is 0 Å². The lowest BCUT2D eigenvalue weighted by atomic mass is 9.86. The van der Waals surface area contributed by atoms with E-state index in [4.69, 9.17) is 0 Å². The molecule has 0 aliphatic heterocycles. The third-order valence-electron chi connectivity index (χ3n) is 4.95. The van der Waals surface area contributed by atoms with Crippen molar-refractivity contribution in [2.75, 3.05) is 18.1 Å². The number of nitrogens with zero attached hydrogens (tertiary/aromatic N) is 1. The van der Waals surface area contributed by atoms with Crippen LogP contribution in [0.4, 0.5) is 0 Å². The average molecular weight is 280 g/mol. The van der Waals surface area contributed by atoms with Crippen LogP contribution in [-0.4, -0.2) is 23.6 Å². The third kappa shape index (κ3) is 3.89. The van der Waals surface area contributed by atoms with E-state index in [2.05, 4.69) is 30.1 Å². The Kier molecular flexibility index (Phi) is 6.04. The summed E-state index contributed by atoms with van der Waals surface area (Å²) >= 11 is 2.13.